The monoisotopic (exact) mass is 514 g/mol. The van der Waals surface area contributed by atoms with E-state index in [1.807, 2.05) is 22.9 Å². The number of methoxy groups -OCH3 is 2. The quantitative estimate of drug-likeness (QED) is 0.514. The number of nitrogens with one attached hydrogen (secondary N) is 1. The zero-order valence-electron chi connectivity index (χ0n) is 20.0. The van der Waals surface area contributed by atoms with Crippen molar-refractivity contribution >= 4 is 23.7 Å². The van der Waals surface area contributed by atoms with Crippen LogP contribution >= 0.6 is 0 Å². The molecule has 1 aliphatic heterocycles. The van der Waals surface area contributed by atoms with Crippen LogP contribution in [0.25, 0.3) is 0 Å². The van der Waals surface area contributed by atoms with Crippen LogP contribution in [-0.4, -0.2) is 77.7 Å². The van der Waals surface area contributed by atoms with Crippen LogP contribution in [0.2, 0.25) is 0 Å². The Kier molecular flexibility index (Phi) is 10.7. The van der Waals surface area contributed by atoms with E-state index in [1.54, 1.807) is 25.4 Å². The van der Waals surface area contributed by atoms with Gasteiger partial charge in [-0.1, -0.05) is 12.1 Å². The van der Waals surface area contributed by atoms with Gasteiger partial charge in [0.15, 0.2) is 0 Å². The molecular weight excluding hydrogens is 485 g/mol. The number of halogens is 3. The zero-order valence-corrected chi connectivity index (χ0v) is 20.0. The lowest BCUT2D eigenvalue weighted by atomic mass is 10.0. The number of aliphatic carboxylic acids is 1. The first-order chi connectivity index (χ1) is 17.1. The molecule has 0 unspecified atom stereocenters. The van der Waals surface area contributed by atoms with Gasteiger partial charge in [-0.15, -0.1) is 0 Å². The molecule has 0 aliphatic carbocycles. The molecule has 1 fully saturated rings. The molecule has 1 aromatic carbocycles. The number of likely N-dealkylation sites (tertiary alicyclic amines) is 1. The Morgan fingerprint density at radius 1 is 1.14 bits per heavy atom. The van der Waals surface area contributed by atoms with Gasteiger partial charge in [-0.3, -0.25) is 9.59 Å². The third-order valence-corrected chi connectivity index (χ3v) is 5.49. The molecule has 1 amide bonds. The van der Waals surface area contributed by atoms with Crippen molar-refractivity contribution in [2.45, 2.75) is 37.9 Å². The topological polar surface area (TPSA) is 123 Å². The van der Waals surface area contributed by atoms with Crippen LogP contribution in [0.15, 0.2) is 36.5 Å². The minimum Gasteiger partial charge on any atom is -0.496 e. The Bertz CT molecular complexity index is 1020. The highest BCUT2D eigenvalue weighted by Crippen LogP contribution is 2.26. The van der Waals surface area contributed by atoms with E-state index in [4.69, 9.17) is 14.6 Å². The van der Waals surface area contributed by atoms with E-state index in [0.29, 0.717) is 23.6 Å². The summed E-state index contributed by atoms with van der Waals surface area (Å²) in [6.07, 6.45) is -0.233. The van der Waals surface area contributed by atoms with Gasteiger partial charge in [0.1, 0.15) is 11.6 Å². The number of carbonyl (C=O) groups excluding carboxylic acids is 2. The molecule has 36 heavy (non-hydrogen) atoms. The Morgan fingerprint density at radius 3 is 2.36 bits per heavy atom. The molecule has 0 bridgehead atoms. The number of carboxylic acids is 1. The maximum absolute atomic E-state index is 12.7. The van der Waals surface area contributed by atoms with Crippen LogP contribution in [0.4, 0.5) is 19.0 Å². The van der Waals surface area contributed by atoms with E-state index in [9.17, 15) is 22.8 Å². The molecule has 0 radical (unpaired) electrons. The predicted molar refractivity (Wildman–Crippen MR) is 123 cm³/mol. The largest absolute Gasteiger partial charge is 0.496 e. The zero-order chi connectivity index (χ0) is 26.7. The highest BCUT2D eigenvalue weighted by molar-refractivity contribution is 6.05. The number of amides is 1. The van der Waals surface area contributed by atoms with Gasteiger partial charge in [-0.25, -0.2) is 9.48 Å². The number of aromatic nitrogens is 2. The standard InChI is InChI=1S/C21H28N4O4.C2HF3O2/c1-28-18-7-4-3-6-17(18)21(27)23-19-9-12-22-25(19)16-10-14-24(15-11-16)13-5-8-20(26)29-2;3-2(4,5)1(6)7/h3-4,6-7,9,12,16H,5,8,10-11,13-15H2,1-2H3,(H,23,27);(H,6,7). The molecule has 0 spiro atoms. The average molecular weight is 515 g/mol. The van der Waals surface area contributed by atoms with Crippen molar-refractivity contribution in [1.82, 2.24) is 14.7 Å². The summed E-state index contributed by atoms with van der Waals surface area (Å²) in [5.74, 6) is -1.91. The van der Waals surface area contributed by atoms with Gasteiger partial charge >= 0.3 is 18.1 Å². The molecule has 13 heteroatoms. The number of benzene rings is 1. The van der Waals surface area contributed by atoms with E-state index in [0.717, 1.165) is 38.9 Å². The first-order valence-electron chi connectivity index (χ1n) is 11.1. The molecule has 2 heterocycles. The summed E-state index contributed by atoms with van der Waals surface area (Å²) in [6.45, 7) is 2.76. The third-order valence-electron chi connectivity index (χ3n) is 5.49. The van der Waals surface area contributed by atoms with E-state index >= 15 is 0 Å². The molecule has 10 nitrogen and oxygen atoms in total. The summed E-state index contributed by atoms with van der Waals surface area (Å²) in [5, 5.41) is 14.5. The number of carbonyl (C=O) groups is 3. The van der Waals surface area contributed by atoms with E-state index < -0.39 is 12.1 Å². The molecular formula is C23H29F3N4O6. The molecule has 198 valence electrons. The Hall–Kier alpha value is -3.61. The van der Waals surface area contributed by atoms with Crippen LogP contribution < -0.4 is 10.1 Å². The number of hydrogen-bond donors (Lipinski definition) is 2. The van der Waals surface area contributed by atoms with Crippen molar-refractivity contribution in [3.63, 3.8) is 0 Å². The van der Waals surface area contributed by atoms with Gasteiger partial charge in [0.25, 0.3) is 5.91 Å². The van der Waals surface area contributed by atoms with Crippen molar-refractivity contribution in [3.05, 3.63) is 42.1 Å². The van der Waals surface area contributed by atoms with Gasteiger partial charge < -0.3 is 24.8 Å². The second-order valence-electron chi connectivity index (χ2n) is 7.87. The third kappa shape index (κ3) is 8.56. The lowest BCUT2D eigenvalue weighted by Crippen LogP contribution is -2.36. The Balaban J connectivity index is 0.000000572. The van der Waals surface area contributed by atoms with Gasteiger partial charge in [-0.05, 0) is 37.9 Å². The van der Waals surface area contributed by atoms with Gasteiger partial charge in [0.2, 0.25) is 0 Å². The number of carboxylic acid groups (broad SMARTS) is 1. The number of esters is 1. The molecule has 1 aromatic heterocycles. The number of rotatable bonds is 8. The maximum atomic E-state index is 12.7. The molecule has 1 saturated heterocycles. The summed E-state index contributed by atoms with van der Waals surface area (Å²) >= 11 is 0. The highest BCUT2D eigenvalue weighted by atomic mass is 19.4. The van der Waals surface area contributed by atoms with Crippen molar-refractivity contribution in [2.24, 2.45) is 0 Å². The fourth-order valence-electron chi connectivity index (χ4n) is 3.66. The number of nitrogens with zero attached hydrogens (tertiary/aromatic N) is 3. The summed E-state index contributed by atoms with van der Waals surface area (Å²) in [5.41, 5.74) is 0.489. The highest BCUT2D eigenvalue weighted by Gasteiger charge is 2.38. The van der Waals surface area contributed by atoms with Gasteiger partial charge in [0, 0.05) is 25.6 Å². The van der Waals surface area contributed by atoms with Crippen LogP contribution in [0.3, 0.4) is 0 Å². The number of alkyl halides is 3. The van der Waals surface area contributed by atoms with Gasteiger partial charge in [-0.2, -0.15) is 18.3 Å². The molecule has 0 atom stereocenters. The fourth-order valence-corrected chi connectivity index (χ4v) is 3.66. The fraction of sp³-hybridized carbons (Fsp3) is 0.478. The minimum atomic E-state index is -5.08. The summed E-state index contributed by atoms with van der Waals surface area (Å²) < 4.78 is 43.6. The number of para-hydroxylation sites is 1. The van der Waals surface area contributed by atoms with Crippen LogP contribution in [-0.2, 0) is 14.3 Å². The molecule has 1 aliphatic rings. The second kappa shape index (κ2) is 13.5. The molecule has 2 aromatic rings. The van der Waals surface area contributed by atoms with Crippen molar-refractivity contribution in [3.8, 4) is 5.75 Å². The summed E-state index contributed by atoms with van der Waals surface area (Å²) in [6, 6.07) is 9.19. The lowest BCUT2D eigenvalue weighted by molar-refractivity contribution is -0.192. The molecule has 2 N–H and O–H groups in total. The SMILES string of the molecule is COC(=O)CCCN1CCC(n2nccc2NC(=O)c2ccccc2OC)CC1.O=C(O)C(F)(F)F. The van der Waals surface area contributed by atoms with Crippen molar-refractivity contribution in [1.29, 1.82) is 0 Å². The summed E-state index contributed by atoms with van der Waals surface area (Å²) in [7, 11) is 2.97. The lowest BCUT2D eigenvalue weighted by Gasteiger charge is -2.32. The molecule has 3 rings (SSSR count). The maximum Gasteiger partial charge on any atom is 0.490 e. The smallest absolute Gasteiger partial charge is 0.490 e. The van der Waals surface area contributed by atoms with Gasteiger partial charge in [0.05, 0.1) is 32.0 Å². The average Bonchev–Trinajstić information content (AvgIpc) is 3.32. The van der Waals surface area contributed by atoms with Crippen LogP contribution in [0.1, 0.15) is 42.1 Å². The Labute approximate surface area is 206 Å². The number of anilines is 1. The molecule has 0 saturated carbocycles. The van der Waals surface area contributed by atoms with Crippen molar-refractivity contribution < 1.29 is 42.1 Å². The summed E-state index contributed by atoms with van der Waals surface area (Å²) in [4.78, 5) is 35.2. The normalized spacial score (nSPS) is 14.4. The van der Waals surface area contributed by atoms with E-state index in [1.165, 1.54) is 7.11 Å². The van der Waals surface area contributed by atoms with E-state index in [-0.39, 0.29) is 17.9 Å². The predicted octanol–water partition coefficient (Wildman–Crippen LogP) is 3.37. The Morgan fingerprint density at radius 2 is 1.78 bits per heavy atom. The first-order valence-corrected chi connectivity index (χ1v) is 11.1. The second-order valence-corrected chi connectivity index (χ2v) is 7.87. The number of piperidine rings is 1. The van der Waals surface area contributed by atoms with Crippen LogP contribution in [0, 0.1) is 0 Å². The van der Waals surface area contributed by atoms with Crippen LogP contribution in [0.5, 0.6) is 5.75 Å². The van der Waals surface area contributed by atoms with Crippen molar-refractivity contribution in [2.75, 3.05) is 39.2 Å². The first kappa shape index (κ1) is 28.6. The number of hydrogen-bond acceptors (Lipinski definition) is 7. The minimum absolute atomic E-state index is 0.160. The number of ether oxygens (including phenoxy) is 2. The van der Waals surface area contributed by atoms with E-state index in [2.05, 4.69) is 20.1 Å².